The van der Waals surface area contributed by atoms with Crippen molar-refractivity contribution in [1.82, 2.24) is 4.98 Å². The zero-order valence-corrected chi connectivity index (χ0v) is 14.3. The number of aromatic nitrogens is 1. The number of carbonyl (C=O) groups excluding carboxylic acids is 1. The number of aromatic amines is 1. The summed E-state index contributed by atoms with van der Waals surface area (Å²) < 4.78 is 5.18. The molecule has 1 heterocycles. The van der Waals surface area contributed by atoms with Gasteiger partial charge in [-0.25, -0.2) is 0 Å². The number of H-pyrrole nitrogens is 1. The number of ether oxygens (including phenoxy) is 1. The number of aryl methyl sites for hydroxylation is 1. The van der Waals surface area contributed by atoms with E-state index in [0.29, 0.717) is 17.7 Å². The first-order valence-electron chi connectivity index (χ1n) is 8.02. The summed E-state index contributed by atoms with van der Waals surface area (Å²) in [4.78, 5) is 26.2. The third kappa shape index (κ3) is 4.92. The van der Waals surface area contributed by atoms with Crippen LogP contribution < -0.4 is 5.56 Å². The maximum absolute atomic E-state index is 11.9. The number of hydrogen-bond donors (Lipinski definition) is 1. The highest BCUT2D eigenvalue weighted by atomic mass is 16.5. The topological polar surface area (TPSA) is 83.0 Å². The summed E-state index contributed by atoms with van der Waals surface area (Å²) in [5.41, 5.74) is 2.86. The number of hydrogen-bond acceptors (Lipinski definition) is 4. The van der Waals surface area contributed by atoms with Gasteiger partial charge in [0, 0.05) is 12.1 Å². The van der Waals surface area contributed by atoms with Crippen molar-refractivity contribution in [3.63, 3.8) is 0 Å². The predicted octanol–water partition coefficient (Wildman–Crippen LogP) is 3.05. The second kappa shape index (κ2) is 8.65. The molecule has 2 rings (SSSR count). The number of nitrogens with zero attached hydrogens (tertiary/aromatic N) is 1. The van der Waals surface area contributed by atoms with Gasteiger partial charge in [0.25, 0.3) is 5.56 Å². The Hall–Kier alpha value is -3.13. The summed E-state index contributed by atoms with van der Waals surface area (Å²) in [6.07, 6.45) is 4.29. The van der Waals surface area contributed by atoms with Gasteiger partial charge in [-0.1, -0.05) is 36.4 Å². The fraction of sp³-hybridized carbons (Fsp3) is 0.250. The van der Waals surface area contributed by atoms with Crippen molar-refractivity contribution < 1.29 is 9.53 Å². The van der Waals surface area contributed by atoms with E-state index >= 15 is 0 Å². The highest BCUT2D eigenvalue weighted by Crippen LogP contribution is 2.15. The zero-order chi connectivity index (χ0) is 18.2. The van der Waals surface area contributed by atoms with Crippen LogP contribution in [0.3, 0.4) is 0 Å². The SMILES string of the molecule is Cc1[nH]c(=O)c(C#N)c(C)c1CCC(=O)OC/C=C\c1ccccc1. The maximum atomic E-state index is 11.9. The minimum absolute atomic E-state index is 0.0970. The molecule has 0 unspecified atom stereocenters. The molecule has 5 nitrogen and oxygen atoms in total. The number of nitriles is 1. The van der Waals surface area contributed by atoms with Gasteiger partial charge in [-0.05, 0) is 43.0 Å². The highest BCUT2D eigenvalue weighted by Gasteiger charge is 2.13. The van der Waals surface area contributed by atoms with Crippen LogP contribution in [0, 0.1) is 25.2 Å². The second-order valence-electron chi connectivity index (χ2n) is 5.67. The van der Waals surface area contributed by atoms with Gasteiger partial charge < -0.3 is 9.72 Å². The molecule has 1 N–H and O–H groups in total. The molecule has 0 fully saturated rings. The Morgan fingerprint density at radius 1 is 1.28 bits per heavy atom. The molecule has 0 spiro atoms. The van der Waals surface area contributed by atoms with E-state index in [4.69, 9.17) is 10.00 Å². The first-order chi connectivity index (χ1) is 12.0. The Kier molecular flexibility index (Phi) is 6.30. The van der Waals surface area contributed by atoms with Gasteiger partial charge in [-0.2, -0.15) is 5.26 Å². The second-order valence-corrected chi connectivity index (χ2v) is 5.67. The van der Waals surface area contributed by atoms with Crippen molar-refractivity contribution in [2.45, 2.75) is 26.7 Å². The fourth-order valence-electron chi connectivity index (χ4n) is 2.61. The van der Waals surface area contributed by atoms with Gasteiger partial charge in [-0.3, -0.25) is 9.59 Å². The average molecular weight is 336 g/mol. The van der Waals surface area contributed by atoms with Crippen LogP contribution in [-0.2, 0) is 16.0 Å². The number of benzene rings is 1. The van der Waals surface area contributed by atoms with E-state index in [1.165, 1.54) is 0 Å². The first kappa shape index (κ1) is 18.2. The maximum Gasteiger partial charge on any atom is 0.306 e. The lowest BCUT2D eigenvalue weighted by atomic mass is 9.99. The normalized spacial score (nSPS) is 10.6. The molecular weight excluding hydrogens is 316 g/mol. The van der Waals surface area contributed by atoms with E-state index in [1.54, 1.807) is 19.9 Å². The lowest BCUT2D eigenvalue weighted by Gasteiger charge is -2.10. The first-order valence-corrected chi connectivity index (χ1v) is 8.02. The van der Waals surface area contributed by atoms with Crippen LogP contribution in [0.4, 0.5) is 0 Å². The summed E-state index contributed by atoms with van der Waals surface area (Å²) in [7, 11) is 0. The van der Waals surface area contributed by atoms with Gasteiger partial charge in [-0.15, -0.1) is 0 Å². The third-order valence-corrected chi connectivity index (χ3v) is 3.95. The monoisotopic (exact) mass is 336 g/mol. The summed E-state index contributed by atoms with van der Waals surface area (Å²) >= 11 is 0. The van der Waals surface area contributed by atoms with Crippen molar-refractivity contribution in [1.29, 1.82) is 5.26 Å². The van der Waals surface area contributed by atoms with Crippen LogP contribution in [0.25, 0.3) is 6.08 Å². The van der Waals surface area contributed by atoms with E-state index in [1.807, 2.05) is 42.5 Å². The molecule has 0 amide bonds. The van der Waals surface area contributed by atoms with E-state index in [2.05, 4.69) is 4.98 Å². The predicted molar refractivity (Wildman–Crippen MR) is 96.0 cm³/mol. The van der Waals surface area contributed by atoms with E-state index in [0.717, 1.165) is 11.1 Å². The molecule has 1 aromatic heterocycles. The molecule has 0 saturated heterocycles. The quantitative estimate of drug-likeness (QED) is 0.822. The Morgan fingerprint density at radius 2 is 2.00 bits per heavy atom. The number of rotatable bonds is 6. The van der Waals surface area contributed by atoms with Crippen molar-refractivity contribution >= 4 is 12.0 Å². The summed E-state index contributed by atoms with van der Waals surface area (Å²) in [5.74, 6) is -0.318. The molecule has 0 aliphatic rings. The van der Waals surface area contributed by atoms with Crippen LogP contribution in [-0.4, -0.2) is 17.6 Å². The van der Waals surface area contributed by atoms with Gasteiger partial charge >= 0.3 is 5.97 Å². The summed E-state index contributed by atoms with van der Waals surface area (Å²) in [6, 6.07) is 11.7. The minimum Gasteiger partial charge on any atom is -0.461 e. The molecular formula is C20H20N2O3. The van der Waals surface area contributed by atoms with Crippen molar-refractivity contribution in [2.75, 3.05) is 6.61 Å². The van der Waals surface area contributed by atoms with Crippen LogP contribution in [0.2, 0.25) is 0 Å². The lowest BCUT2D eigenvalue weighted by Crippen LogP contribution is -2.17. The molecule has 1 aromatic carbocycles. The average Bonchev–Trinajstić information content (AvgIpc) is 2.59. The van der Waals surface area contributed by atoms with Crippen LogP contribution in [0.15, 0.2) is 41.2 Å². The molecule has 0 saturated carbocycles. The summed E-state index contributed by atoms with van der Waals surface area (Å²) in [6.45, 7) is 3.70. The molecule has 0 atom stereocenters. The Labute approximate surface area is 146 Å². The minimum atomic E-state index is -0.394. The fourth-order valence-corrected chi connectivity index (χ4v) is 2.61. The smallest absolute Gasteiger partial charge is 0.306 e. The van der Waals surface area contributed by atoms with Crippen LogP contribution in [0.1, 0.15) is 34.4 Å². The summed E-state index contributed by atoms with van der Waals surface area (Å²) in [5, 5.41) is 9.06. The van der Waals surface area contributed by atoms with E-state index in [9.17, 15) is 9.59 Å². The molecule has 0 aliphatic carbocycles. The molecule has 2 aromatic rings. The highest BCUT2D eigenvalue weighted by molar-refractivity contribution is 5.70. The standard InChI is InChI=1S/C20H20N2O3/c1-14-17(15(2)22-20(24)18(14)13-21)10-11-19(23)25-12-6-9-16-7-4-3-5-8-16/h3-9H,10-12H2,1-2H3,(H,22,24)/b9-6-. The molecule has 0 radical (unpaired) electrons. The third-order valence-electron chi connectivity index (χ3n) is 3.95. The van der Waals surface area contributed by atoms with E-state index < -0.39 is 5.56 Å². The zero-order valence-electron chi connectivity index (χ0n) is 14.3. The lowest BCUT2D eigenvalue weighted by molar-refractivity contribution is -0.142. The Balaban J connectivity index is 1.89. The van der Waals surface area contributed by atoms with Crippen molar-refractivity contribution in [3.8, 4) is 6.07 Å². The van der Waals surface area contributed by atoms with Crippen LogP contribution in [0.5, 0.6) is 0 Å². The Bertz CT molecular complexity index is 874. The van der Waals surface area contributed by atoms with E-state index in [-0.39, 0.29) is 24.6 Å². The number of pyridine rings is 1. The molecule has 0 bridgehead atoms. The van der Waals surface area contributed by atoms with Crippen molar-refractivity contribution in [3.05, 3.63) is 74.7 Å². The Morgan fingerprint density at radius 3 is 2.68 bits per heavy atom. The van der Waals surface area contributed by atoms with Gasteiger partial charge in [0.1, 0.15) is 18.2 Å². The number of nitrogens with one attached hydrogen (secondary N) is 1. The van der Waals surface area contributed by atoms with Gasteiger partial charge in [0.15, 0.2) is 0 Å². The van der Waals surface area contributed by atoms with Crippen LogP contribution >= 0.6 is 0 Å². The molecule has 0 aliphatic heterocycles. The molecule has 25 heavy (non-hydrogen) atoms. The number of carbonyl (C=O) groups is 1. The van der Waals surface area contributed by atoms with Gasteiger partial charge in [0.05, 0.1) is 0 Å². The molecule has 5 heteroatoms. The largest absolute Gasteiger partial charge is 0.461 e. The number of esters is 1. The van der Waals surface area contributed by atoms with Crippen molar-refractivity contribution in [2.24, 2.45) is 0 Å². The molecule has 128 valence electrons. The van der Waals surface area contributed by atoms with Gasteiger partial charge in [0.2, 0.25) is 0 Å².